The van der Waals surface area contributed by atoms with Gasteiger partial charge in [-0.1, -0.05) is 49.8 Å². The molecule has 1 aromatic rings. The largest absolute Gasteiger partial charge is 0.393 e. The first kappa shape index (κ1) is 21.8. The molecule has 5 unspecified atom stereocenters. The average Bonchev–Trinajstić information content (AvgIpc) is 3.04. The van der Waals surface area contributed by atoms with Crippen LogP contribution in [0.25, 0.3) is 0 Å². The van der Waals surface area contributed by atoms with E-state index < -0.39 is 17.1 Å². The maximum absolute atomic E-state index is 13.3. The quantitative estimate of drug-likeness (QED) is 0.675. The van der Waals surface area contributed by atoms with E-state index in [0.29, 0.717) is 25.8 Å². The molecule has 4 aliphatic carbocycles. The molecular weight excluding hydrogens is 402 g/mol. The van der Waals surface area contributed by atoms with E-state index in [9.17, 15) is 19.8 Å². The molecule has 1 amide bonds. The number of amides is 1. The van der Waals surface area contributed by atoms with E-state index in [4.69, 9.17) is 0 Å². The molecule has 3 N–H and O–H groups in total. The van der Waals surface area contributed by atoms with Gasteiger partial charge in [0.05, 0.1) is 6.10 Å². The fourth-order valence-electron chi connectivity index (χ4n) is 7.99. The highest BCUT2D eigenvalue weighted by molar-refractivity contribution is 5.91. The molecule has 3 saturated carbocycles. The third-order valence-corrected chi connectivity index (χ3v) is 9.72. The van der Waals surface area contributed by atoms with Gasteiger partial charge in [0.25, 0.3) is 5.91 Å². The highest BCUT2D eigenvalue weighted by Gasteiger charge is 2.68. The van der Waals surface area contributed by atoms with Crippen molar-refractivity contribution in [3.05, 3.63) is 47.5 Å². The molecule has 32 heavy (non-hydrogen) atoms. The van der Waals surface area contributed by atoms with Crippen molar-refractivity contribution in [2.75, 3.05) is 0 Å². The molecule has 172 valence electrons. The Kier molecular flexibility index (Phi) is 5.14. The molecule has 5 heteroatoms. The average molecular weight is 438 g/mol. The normalized spacial score (nSPS) is 43.0. The number of hydrogen-bond donors (Lipinski definition) is 3. The molecule has 0 saturated heterocycles. The molecule has 0 radical (unpaired) electrons. The lowest BCUT2D eigenvalue weighted by atomic mass is 9.45. The summed E-state index contributed by atoms with van der Waals surface area (Å²) in [4.78, 5) is 25.3. The number of rotatable bonds is 3. The van der Waals surface area contributed by atoms with Crippen LogP contribution in [0.4, 0.5) is 0 Å². The van der Waals surface area contributed by atoms with Crippen LogP contribution in [0, 0.1) is 28.6 Å². The van der Waals surface area contributed by atoms with E-state index in [1.54, 1.807) is 0 Å². The van der Waals surface area contributed by atoms with Crippen molar-refractivity contribution in [3.63, 3.8) is 0 Å². The Labute approximate surface area is 190 Å². The summed E-state index contributed by atoms with van der Waals surface area (Å²) in [6.07, 6.45) is 6.03. The van der Waals surface area contributed by atoms with Crippen LogP contribution >= 0.6 is 0 Å². The highest BCUT2D eigenvalue weighted by Crippen LogP contribution is 2.67. The topological polar surface area (TPSA) is 86.6 Å². The van der Waals surface area contributed by atoms with Gasteiger partial charge in [-0.25, -0.2) is 0 Å². The summed E-state index contributed by atoms with van der Waals surface area (Å²) in [6, 6.07) is 9.73. The maximum Gasteiger partial charge on any atom is 0.252 e. The molecule has 0 bridgehead atoms. The second-order valence-corrected chi connectivity index (χ2v) is 11.1. The Morgan fingerprint density at radius 1 is 1.12 bits per heavy atom. The van der Waals surface area contributed by atoms with Gasteiger partial charge in [0.2, 0.25) is 0 Å². The van der Waals surface area contributed by atoms with Crippen molar-refractivity contribution in [1.82, 2.24) is 5.32 Å². The molecule has 0 aliphatic heterocycles. The third-order valence-electron chi connectivity index (χ3n) is 9.72. The minimum atomic E-state index is -1.47. The van der Waals surface area contributed by atoms with Crippen LogP contribution in [-0.4, -0.2) is 33.6 Å². The summed E-state index contributed by atoms with van der Waals surface area (Å²) in [5.41, 5.74) is -0.0897. The number of carbonyl (C=O) groups excluding carboxylic acids is 2. The summed E-state index contributed by atoms with van der Waals surface area (Å²) in [6.45, 7) is 4.63. The standard InChI is InChI=1S/C27H35NO4/c1-25-12-10-19(29)14-18(25)8-9-20-21-11-13-27(32,26(21,2)15-22(30)23(20)25)24(31)28-16-17-6-4-3-5-7-17/h3-7,14,20-23,30,32H,8-13,15-16H2,1-2H3,(H,28,31)/t20?,21?,22-,23?,25?,26?,27-/m0/s1. The fourth-order valence-corrected chi connectivity index (χ4v) is 7.99. The number of nitrogens with one attached hydrogen (secondary N) is 1. The first-order chi connectivity index (χ1) is 15.2. The fraction of sp³-hybridized carbons (Fsp3) is 0.630. The van der Waals surface area contributed by atoms with Crippen molar-refractivity contribution in [1.29, 1.82) is 0 Å². The Balaban J connectivity index is 1.40. The summed E-state index contributed by atoms with van der Waals surface area (Å²) in [7, 11) is 0. The van der Waals surface area contributed by atoms with E-state index in [1.165, 1.54) is 5.57 Å². The molecule has 7 atom stereocenters. The van der Waals surface area contributed by atoms with Crippen molar-refractivity contribution in [2.45, 2.75) is 77.0 Å². The smallest absolute Gasteiger partial charge is 0.252 e. The molecule has 5 rings (SSSR count). The van der Waals surface area contributed by atoms with E-state index in [0.717, 1.165) is 31.2 Å². The zero-order valence-electron chi connectivity index (χ0n) is 19.1. The van der Waals surface area contributed by atoms with Crippen LogP contribution in [0.2, 0.25) is 0 Å². The molecule has 4 aliphatic rings. The number of fused-ring (bicyclic) bond motifs is 5. The maximum atomic E-state index is 13.3. The van der Waals surface area contributed by atoms with Crippen LogP contribution in [0.1, 0.15) is 64.4 Å². The molecule has 0 heterocycles. The molecule has 1 aromatic carbocycles. The van der Waals surface area contributed by atoms with Gasteiger partial charge in [-0.05, 0) is 73.3 Å². The number of allylic oxidation sites excluding steroid dienone is 1. The number of aliphatic hydroxyl groups excluding tert-OH is 1. The van der Waals surface area contributed by atoms with E-state index in [2.05, 4.69) is 12.2 Å². The lowest BCUT2D eigenvalue weighted by molar-refractivity contribution is -0.182. The zero-order valence-corrected chi connectivity index (χ0v) is 19.1. The predicted octanol–water partition coefficient (Wildman–Crippen LogP) is 3.54. The first-order valence-electron chi connectivity index (χ1n) is 12.2. The minimum absolute atomic E-state index is 0.0865. The van der Waals surface area contributed by atoms with E-state index in [-0.39, 0.29) is 34.9 Å². The lowest BCUT2D eigenvalue weighted by Gasteiger charge is -2.60. The first-order valence-corrected chi connectivity index (χ1v) is 12.2. The predicted molar refractivity (Wildman–Crippen MR) is 121 cm³/mol. The summed E-state index contributed by atoms with van der Waals surface area (Å²) < 4.78 is 0. The van der Waals surface area contributed by atoms with Gasteiger partial charge in [-0.2, -0.15) is 0 Å². The summed E-state index contributed by atoms with van der Waals surface area (Å²) in [5, 5.41) is 26.2. The number of benzene rings is 1. The molecule has 5 nitrogen and oxygen atoms in total. The Bertz CT molecular complexity index is 958. The molecule has 0 spiro atoms. The van der Waals surface area contributed by atoms with Crippen molar-refractivity contribution < 1.29 is 19.8 Å². The number of carbonyl (C=O) groups is 2. The van der Waals surface area contributed by atoms with Gasteiger partial charge in [-0.15, -0.1) is 0 Å². The van der Waals surface area contributed by atoms with Gasteiger partial charge in [0.15, 0.2) is 5.78 Å². The van der Waals surface area contributed by atoms with Crippen LogP contribution < -0.4 is 5.32 Å². The Morgan fingerprint density at radius 2 is 1.88 bits per heavy atom. The van der Waals surface area contributed by atoms with E-state index in [1.807, 2.05) is 43.3 Å². The molecule has 3 fully saturated rings. The van der Waals surface area contributed by atoms with Gasteiger partial charge in [0.1, 0.15) is 5.60 Å². The number of aliphatic hydroxyl groups is 2. The van der Waals surface area contributed by atoms with Crippen LogP contribution in [0.3, 0.4) is 0 Å². The van der Waals surface area contributed by atoms with Crippen LogP contribution in [-0.2, 0) is 16.1 Å². The van der Waals surface area contributed by atoms with Crippen molar-refractivity contribution in [2.24, 2.45) is 28.6 Å². The van der Waals surface area contributed by atoms with Gasteiger partial charge < -0.3 is 15.5 Å². The second kappa shape index (κ2) is 7.53. The van der Waals surface area contributed by atoms with Gasteiger partial charge >= 0.3 is 0 Å². The van der Waals surface area contributed by atoms with Gasteiger partial charge in [0, 0.05) is 18.4 Å². The third kappa shape index (κ3) is 3.04. The molecule has 0 aromatic heterocycles. The van der Waals surface area contributed by atoms with E-state index >= 15 is 0 Å². The lowest BCUT2D eigenvalue weighted by Crippen LogP contribution is -2.63. The monoisotopic (exact) mass is 437 g/mol. The second-order valence-electron chi connectivity index (χ2n) is 11.1. The number of hydrogen-bond acceptors (Lipinski definition) is 4. The van der Waals surface area contributed by atoms with Gasteiger partial charge in [-0.3, -0.25) is 9.59 Å². The highest BCUT2D eigenvalue weighted by atomic mass is 16.3. The SMILES string of the molecule is CC12CCC(=O)C=C1CCC1C2[C@@H](O)CC2(C)C1CC[C@]2(O)C(=O)NCc1ccccc1. The Hall–Kier alpha value is -1.98. The minimum Gasteiger partial charge on any atom is -0.393 e. The summed E-state index contributed by atoms with van der Waals surface area (Å²) >= 11 is 0. The van der Waals surface area contributed by atoms with Crippen LogP contribution in [0.15, 0.2) is 42.0 Å². The summed E-state index contributed by atoms with van der Waals surface area (Å²) in [5.74, 6) is 0.428. The van der Waals surface area contributed by atoms with Crippen LogP contribution in [0.5, 0.6) is 0 Å². The number of ketones is 1. The zero-order chi connectivity index (χ0) is 22.7. The van der Waals surface area contributed by atoms with Crippen molar-refractivity contribution >= 4 is 11.7 Å². The Morgan fingerprint density at radius 3 is 2.62 bits per heavy atom. The molecular formula is C27H35NO4. The van der Waals surface area contributed by atoms with Crippen molar-refractivity contribution in [3.8, 4) is 0 Å².